The normalized spacial score (nSPS) is 15.2. The predicted octanol–water partition coefficient (Wildman–Crippen LogP) is 0.756. The Hall–Kier alpha value is 0.720. The number of hydrogen-bond donors (Lipinski definition) is 0. The van der Waals surface area contributed by atoms with E-state index < -0.39 is 37.0 Å². The van der Waals surface area contributed by atoms with Gasteiger partial charge in [-0.25, -0.2) is 25.3 Å². The van der Waals surface area contributed by atoms with Gasteiger partial charge >= 0.3 is 3.41 Å². The molecule has 0 atom stereocenters. The zero-order valence-electron chi connectivity index (χ0n) is 7.02. The summed E-state index contributed by atoms with van der Waals surface area (Å²) in [6.07, 6.45) is -0.920. The zero-order valence-corrected chi connectivity index (χ0v) is 11.7. The van der Waals surface area contributed by atoms with E-state index in [1.807, 2.05) is 0 Å². The summed E-state index contributed by atoms with van der Waals surface area (Å²) >= 11 is 0. The van der Waals surface area contributed by atoms with Crippen molar-refractivity contribution in [2.45, 2.75) is 16.8 Å². The molecule has 0 amide bonds. The quantitative estimate of drug-likeness (QED) is 0.700. The molecule has 0 aliphatic heterocycles. The van der Waals surface area contributed by atoms with E-state index in [1.165, 1.54) is 0 Å². The molecule has 0 N–H and O–H groups in total. The van der Waals surface area contributed by atoms with Crippen molar-refractivity contribution in [3.8, 4) is 0 Å². The van der Waals surface area contributed by atoms with E-state index in [4.69, 9.17) is 32.0 Å². The molecule has 12 heteroatoms. The van der Waals surface area contributed by atoms with Gasteiger partial charge in [0, 0.05) is 32.0 Å². The molecule has 0 saturated carbocycles. The SMILES string of the molecule is CCC(S(=O)(=O)Cl)(S(=O)(=O)Cl)S(=O)(=O)Cl. The molecule has 0 heterocycles. The first-order valence-electron chi connectivity index (χ1n) is 3.14. The molecule has 6 nitrogen and oxygen atoms in total. The van der Waals surface area contributed by atoms with Crippen LogP contribution in [0.1, 0.15) is 13.3 Å². The Kier molecular flexibility index (Phi) is 4.39. The highest BCUT2D eigenvalue weighted by molar-refractivity contribution is 8.43. The van der Waals surface area contributed by atoms with Gasteiger partial charge in [-0.15, -0.1) is 0 Å². The van der Waals surface area contributed by atoms with Crippen LogP contribution in [0.4, 0.5) is 0 Å². The first-order chi connectivity index (χ1) is 6.31. The Morgan fingerprint density at radius 1 is 0.800 bits per heavy atom. The minimum Gasteiger partial charge on any atom is -0.209 e. The summed E-state index contributed by atoms with van der Waals surface area (Å²) in [7, 11) is -0.868. The number of rotatable bonds is 4. The van der Waals surface area contributed by atoms with Crippen molar-refractivity contribution >= 4 is 59.2 Å². The molecule has 0 rings (SSSR count). The Morgan fingerprint density at radius 3 is 1.00 bits per heavy atom. The van der Waals surface area contributed by atoms with Gasteiger partial charge in [0.15, 0.2) is 0 Å². The molecule has 0 aliphatic rings. The van der Waals surface area contributed by atoms with Gasteiger partial charge in [-0.1, -0.05) is 6.92 Å². The smallest absolute Gasteiger partial charge is 0.209 e. The summed E-state index contributed by atoms with van der Waals surface area (Å²) in [6.45, 7) is 0.958. The van der Waals surface area contributed by atoms with Crippen LogP contribution in [0, 0.1) is 0 Å². The van der Waals surface area contributed by atoms with Gasteiger partial charge in [0.05, 0.1) is 0 Å². The maximum Gasteiger partial charge on any atom is 0.314 e. The second kappa shape index (κ2) is 4.19. The van der Waals surface area contributed by atoms with Crippen LogP contribution < -0.4 is 0 Å². The average Bonchev–Trinajstić information content (AvgIpc) is 1.76. The van der Waals surface area contributed by atoms with Gasteiger partial charge in [0.2, 0.25) is 0 Å². The van der Waals surface area contributed by atoms with Crippen LogP contribution >= 0.6 is 32.0 Å². The summed E-state index contributed by atoms with van der Waals surface area (Å²) < 4.78 is 62.7. The summed E-state index contributed by atoms with van der Waals surface area (Å²) in [5.41, 5.74) is 0. The van der Waals surface area contributed by atoms with Crippen molar-refractivity contribution in [3.05, 3.63) is 0 Å². The van der Waals surface area contributed by atoms with Crippen LogP contribution in [0.2, 0.25) is 0 Å². The molecule has 0 unspecified atom stereocenters. The number of halogens is 3. The van der Waals surface area contributed by atoms with Crippen LogP contribution in [-0.2, 0) is 27.2 Å². The van der Waals surface area contributed by atoms with Crippen LogP contribution in [0.15, 0.2) is 0 Å². The molecule has 0 aromatic heterocycles. The summed E-state index contributed by atoms with van der Waals surface area (Å²) in [4.78, 5) is 0. The summed E-state index contributed by atoms with van der Waals surface area (Å²) in [5.74, 6) is 0. The van der Waals surface area contributed by atoms with E-state index in [-0.39, 0.29) is 0 Å². The fourth-order valence-corrected chi connectivity index (χ4v) is 11.1. The average molecular weight is 340 g/mol. The van der Waals surface area contributed by atoms with Crippen molar-refractivity contribution in [2.75, 3.05) is 0 Å². The molecule has 15 heavy (non-hydrogen) atoms. The van der Waals surface area contributed by atoms with Crippen LogP contribution in [0.3, 0.4) is 0 Å². The lowest BCUT2D eigenvalue weighted by atomic mass is 10.6. The Bertz CT molecular complexity index is 463. The largest absolute Gasteiger partial charge is 0.314 e. The van der Waals surface area contributed by atoms with Gasteiger partial charge in [-0.3, -0.25) is 0 Å². The van der Waals surface area contributed by atoms with E-state index in [0.717, 1.165) is 6.92 Å². The summed E-state index contributed by atoms with van der Waals surface area (Å²) in [6, 6.07) is 0. The minimum atomic E-state index is -5.06. The van der Waals surface area contributed by atoms with Gasteiger partial charge in [0.25, 0.3) is 27.2 Å². The van der Waals surface area contributed by atoms with Crippen LogP contribution in [-0.4, -0.2) is 28.7 Å². The van der Waals surface area contributed by atoms with Gasteiger partial charge in [-0.05, 0) is 6.42 Å². The third-order valence-electron chi connectivity index (χ3n) is 1.55. The van der Waals surface area contributed by atoms with Gasteiger partial charge in [-0.2, -0.15) is 0 Å². The van der Waals surface area contributed by atoms with Crippen molar-refractivity contribution in [1.29, 1.82) is 0 Å². The maximum absolute atomic E-state index is 11.0. The predicted molar refractivity (Wildman–Crippen MR) is 57.3 cm³/mol. The highest BCUT2D eigenvalue weighted by Gasteiger charge is 2.63. The zero-order chi connectivity index (χ0) is 12.7. The second-order valence-electron chi connectivity index (χ2n) is 2.35. The monoisotopic (exact) mass is 338 g/mol. The third kappa shape index (κ3) is 2.52. The standard InChI is InChI=1S/C3H5Cl3O6S3/c1-2-3(13(4,7)8,14(5,9)10)15(6,11)12/h2H2,1H3. The highest BCUT2D eigenvalue weighted by atomic mass is 35.7. The first kappa shape index (κ1) is 15.7. The molecule has 92 valence electrons. The van der Waals surface area contributed by atoms with Crippen molar-refractivity contribution in [1.82, 2.24) is 0 Å². The van der Waals surface area contributed by atoms with Gasteiger partial charge in [0.1, 0.15) is 0 Å². The minimum absolute atomic E-state index is 0.920. The second-order valence-corrected chi connectivity index (χ2v) is 11.5. The fourth-order valence-electron chi connectivity index (χ4n) is 0.874. The fraction of sp³-hybridized carbons (Fsp3) is 1.00. The Morgan fingerprint density at radius 2 is 1.00 bits per heavy atom. The van der Waals surface area contributed by atoms with E-state index in [9.17, 15) is 25.3 Å². The van der Waals surface area contributed by atoms with E-state index in [2.05, 4.69) is 0 Å². The molecule has 0 aromatic rings. The van der Waals surface area contributed by atoms with Crippen molar-refractivity contribution in [3.63, 3.8) is 0 Å². The Labute approximate surface area is 101 Å². The molecular weight excluding hydrogens is 335 g/mol. The van der Waals surface area contributed by atoms with Gasteiger partial charge < -0.3 is 0 Å². The van der Waals surface area contributed by atoms with E-state index in [1.54, 1.807) is 0 Å². The lowest BCUT2D eigenvalue weighted by Crippen LogP contribution is -2.46. The Balaban J connectivity index is 6.58. The maximum atomic E-state index is 11.0. The molecule has 0 bridgehead atoms. The molecule has 0 spiro atoms. The van der Waals surface area contributed by atoms with Crippen LogP contribution in [0.25, 0.3) is 0 Å². The van der Waals surface area contributed by atoms with E-state index in [0.29, 0.717) is 0 Å². The summed E-state index contributed by atoms with van der Waals surface area (Å²) in [5, 5.41) is 0. The van der Waals surface area contributed by atoms with Crippen molar-refractivity contribution in [2.24, 2.45) is 0 Å². The number of hydrogen-bond acceptors (Lipinski definition) is 6. The van der Waals surface area contributed by atoms with Crippen molar-refractivity contribution < 1.29 is 25.3 Å². The molecular formula is C3H5Cl3O6S3. The molecule has 0 radical (unpaired) electrons. The lowest BCUT2D eigenvalue weighted by Gasteiger charge is -2.21. The molecule has 0 aliphatic carbocycles. The topological polar surface area (TPSA) is 102 Å². The molecule has 0 fully saturated rings. The highest BCUT2D eigenvalue weighted by Crippen LogP contribution is 2.41. The third-order valence-corrected chi connectivity index (χ3v) is 12.6. The van der Waals surface area contributed by atoms with Crippen LogP contribution in [0.5, 0.6) is 0 Å². The molecule has 0 aromatic carbocycles. The van der Waals surface area contributed by atoms with E-state index >= 15 is 0 Å². The lowest BCUT2D eigenvalue weighted by molar-refractivity contribution is 0.563. The first-order valence-corrected chi connectivity index (χ1v) is 10.1. The molecule has 0 saturated heterocycles.